The van der Waals surface area contributed by atoms with Crippen molar-refractivity contribution in [2.24, 2.45) is 4.99 Å². The molecular formula is C24H24ClN5O2S2. The first-order chi connectivity index (χ1) is 16.6. The van der Waals surface area contributed by atoms with Gasteiger partial charge < -0.3 is 14.7 Å². The van der Waals surface area contributed by atoms with Crippen molar-refractivity contribution >= 4 is 64.0 Å². The first-order valence-electron chi connectivity index (χ1n) is 11.2. The largest absolute Gasteiger partial charge is 0.353 e. The van der Waals surface area contributed by atoms with Crippen LogP contribution < -0.4 is 4.90 Å². The summed E-state index contributed by atoms with van der Waals surface area (Å²) in [6.45, 7) is 4.45. The van der Waals surface area contributed by atoms with Gasteiger partial charge in [0.05, 0.1) is 4.91 Å². The van der Waals surface area contributed by atoms with Gasteiger partial charge in [-0.15, -0.1) is 0 Å². The molecule has 176 valence electrons. The maximum atomic E-state index is 13.2. The molecule has 3 aliphatic rings. The fourth-order valence-electron chi connectivity index (χ4n) is 4.10. The van der Waals surface area contributed by atoms with Crippen LogP contribution in [0.4, 0.5) is 5.82 Å². The molecular weight excluding hydrogens is 490 g/mol. The van der Waals surface area contributed by atoms with Crippen molar-refractivity contribution in [3.63, 3.8) is 0 Å². The number of aromatic nitrogens is 1. The molecule has 0 aliphatic carbocycles. The zero-order valence-corrected chi connectivity index (χ0v) is 20.9. The molecule has 7 nitrogen and oxygen atoms in total. The standard InChI is InChI=1S/C24H24ClN5O2S2/c25-20-5-2-6-21(26-20)28-7-9-29(10-8-28)23(32)18-4-1-3-17(15-18)16-19-22(31)27-24(34-19)30-11-13-33-14-12-30/h1-6,15-16H,7-14H2/b19-16+. The number of nitrogens with zero attached hydrogens (tertiary/aromatic N) is 5. The predicted molar refractivity (Wildman–Crippen MR) is 141 cm³/mol. The summed E-state index contributed by atoms with van der Waals surface area (Å²) in [5, 5.41) is 1.25. The van der Waals surface area contributed by atoms with Gasteiger partial charge in [0, 0.05) is 56.3 Å². The number of amidine groups is 1. The van der Waals surface area contributed by atoms with Crippen LogP contribution in [0.3, 0.4) is 0 Å². The first-order valence-corrected chi connectivity index (χ1v) is 13.5. The quantitative estimate of drug-likeness (QED) is 0.457. The molecule has 2 fully saturated rings. The maximum Gasteiger partial charge on any atom is 0.286 e. The van der Waals surface area contributed by atoms with Gasteiger partial charge in [-0.1, -0.05) is 29.8 Å². The lowest BCUT2D eigenvalue weighted by molar-refractivity contribution is -0.113. The second-order valence-corrected chi connectivity index (χ2v) is 10.8. The third-order valence-corrected chi connectivity index (χ3v) is 8.11. The van der Waals surface area contributed by atoms with Crippen LogP contribution >= 0.6 is 35.1 Å². The maximum absolute atomic E-state index is 13.2. The lowest BCUT2D eigenvalue weighted by Crippen LogP contribution is -2.49. The summed E-state index contributed by atoms with van der Waals surface area (Å²) in [6.07, 6.45) is 1.84. The number of benzene rings is 1. The SMILES string of the molecule is O=C1N=C(N2CCSCC2)S/C1=C/c1cccc(C(=O)N2CCN(c3cccc(Cl)n3)CC2)c1. The minimum absolute atomic E-state index is 0.00731. The second-order valence-electron chi connectivity index (χ2n) is 8.13. The summed E-state index contributed by atoms with van der Waals surface area (Å²) in [7, 11) is 0. The molecule has 1 aromatic heterocycles. The van der Waals surface area contributed by atoms with E-state index in [2.05, 4.69) is 19.8 Å². The fraction of sp³-hybridized carbons (Fsp3) is 0.333. The first kappa shape index (κ1) is 23.3. The van der Waals surface area contributed by atoms with Crippen molar-refractivity contribution in [2.75, 3.05) is 55.7 Å². The average molecular weight is 514 g/mol. The molecule has 0 spiro atoms. The number of thioether (sulfide) groups is 2. The minimum Gasteiger partial charge on any atom is -0.353 e. The molecule has 10 heteroatoms. The smallest absolute Gasteiger partial charge is 0.286 e. The van der Waals surface area contributed by atoms with Crippen LogP contribution in [0.25, 0.3) is 6.08 Å². The van der Waals surface area contributed by atoms with Crippen LogP contribution in [0, 0.1) is 0 Å². The molecule has 0 unspecified atom stereocenters. The molecule has 0 saturated carbocycles. The van der Waals surface area contributed by atoms with E-state index in [0.29, 0.717) is 41.8 Å². The van der Waals surface area contributed by atoms with Gasteiger partial charge in [0.25, 0.3) is 11.8 Å². The lowest BCUT2D eigenvalue weighted by Gasteiger charge is -2.35. The van der Waals surface area contributed by atoms with Crippen LogP contribution in [0.2, 0.25) is 5.15 Å². The molecule has 34 heavy (non-hydrogen) atoms. The van der Waals surface area contributed by atoms with E-state index < -0.39 is 0 Å². The summed E-state index contributed by atoms with van der Waals surface area (Å²) in [4.78, 5) is 41.0. The lowest BCUT2D eigenvalue weighted by atomic mass is 10.1. The Morgan fingerprint density at radius 2 is 1.74 bits per heavy atom. The summed E-state index contributed by atoms with van der Waals surface area (Å²) < 4.78 is 0. The van der Waals surface area contributed by atoms with Crippen molar-refractivity contribution in [1.82, 2.24) is 14.8 Å². The van der Waals surface area contributed by atoms with Crippen LogP contribution in [0.15, 0.2) is 52.4 Å². The van der Waals surface area contributed by atoms with Crippen molar-refractivity contribution in [2.45, 2.75) is 0 Å². The number of hydrogen-bond donors (Lipinski definition) is 0. The molecule has 2 saturated heterocycles. The Bertz CT molecular complexity index is 1160. The molecule has 0 N–H and O–H groups in total. The number of hydrogen-bond acceptors (Lipinski definition) is 7. The van der Waals surface area contributed by atoms with Gasteiger partial charge in [0.15, 0.2) is 5.17 Å². The van der Waals surface area contributed by atoms with Gasteiger partial charge in [-0.3, -0.25) is 9.59 Å². The normalized spacial score (nSPS) is 20.1. The van der Waals surface area contributed by atoms with E-state index in [9.17, 15) is 9.59 Å². The molecule has 4 heterocycles. The van der Waals surface area contributed by atoms with E-state index in [1.165, 1.54) is 11.8 Å². The highest BCUT2D eigenvalue weighted by Crippen LogP contribution is 2.31. The molecule has 0 bridgehead atoms. The number of carbonyl (C=O) groups is 2. The summed E-state index contributed by atoms with van der Waals surface area (Å²) in [5.74, 6) is 2.73. The fourth-order valence-corrected chi connectivity index (χ4v) is 6.12. The van der Waals surface area contributed by atoms with E-state index in [1.54, 1.807) is 6.07 Å². The monoisotopic (exact) mass is 513 g/mol. The summed E-state index contributed by atoms with van der Waals surface area (Å²) in [6, 6.07) is 13.0. The molecule has 0 radical (unpaired) electrons. The second kappa shape index (κ2) is 10.4. The van der Waals surface area contributed by atoms with E-state index in [-0.39, 0.29) is 11.8 Å². The van der Waals surface area contributed by atoms with Gasteiger partial charge >= 0.3 is 0 Å². The zero-order chi connectivity index (χ0) is 23.5. The number of halogens is 1. The van der Waals surface area contributed by atoms with Gasteiger partial charge in [-0.2, -0.15) is 16.8 Å². The molecule has 5 rings (SSSR count). The Morgan fingerprint density at radius 3 is 2.50 bits per heavy atom. The summed E-state index contributed by atoms with van der Waals surface area (Å²) in [5.41, 5.74) is 1.45. The highest BCUT2D eigenvalue weighted by Gasteiger charge is 2.27. The average Bonchev–Trinajstić information content (AvgIpc) is 3.24. The number of aliphatic imine (C=N–C) groups is 1. The van der Waals surface area contributed by atoms with E-state index in [0.717, 1.165) is 41.1 Å². The van der Waals surface area contributed by atoms with Crippen LogP contribution in [-0.4, -0.2) is 82.5 Å². The minimum atomic E-state index is -0.208. The number of piperazine rings is 1. The third-order valence-electron chi connectivity index (χ3n) is 5.91. The van der Waals surface area contributed by atoms with E-state index in [4.69, 9.17) is 11.6 Å². The number of carbonyl (C=O) groups excluding carboxylic acids is 2. The Hall–Kier alpha value is -2.49. The van der Waals surface area contributed by atoms with Crippen molar-refractivity contribution in [1.29, 1.82) is 0 Å². The molecule has 1 aromatic carbocycles. The van der Waals surface area contributed by atoms with Crippen LogP contribution in [0.1, 0.15) is 15.9 Å². The van der Waals surface area contributed by atoms with E-state index >= 15 is 0 Å². The molecule has 0 atom stereocenters. The Balaban J connectivity index is 1.23. The Labute approximate surface area is 212 Å². The van der Waals surface area contributed by atoms with Gasteiger partial charge in [0.2, 0.25) is 0 Å². The molecule has 2 aromatic rings. The Kier molecular flexibility index (Phi) is 7.12. The molecule has 3 aliphatic heterocycles. The van der Waals surface area contributed by atoms with E-state index in [1.807, 2.05) is 59.1 Å². The highest BCUT2D eigenvalue weighted by atomic mass is 35.5. The third kappa shape index (κ3) is 5.26. The summed E-state index contributed by atoms with van der Waals surface area (Å²) >= 11 is 9.36. The van der Waals surface area contributed by atoms with Crippen molar-refractivity contribution in [3.8, 4) is 0 Å². The number of pyridine rings is 1. The number of anilines is 1. The Morgan fingerprint density at radius 1 is 0.971 bits per heavy atom. The van der Waals surface area contributed by atoms with Gasteiger partial charge in [-0.25, -0.2) is 4.98 Å². The van der Waals surface area contributed by atoms with Crippen molar-refractivity contribution in [3.05, 3.63) is 63.6 Å². The van der Waals surface area contributed by atoms with Crippen LogP contribution in [0.5, 0.6) is 0 Å². The van der Waals surface area contributed by atoms with Crippen LogP contribution in [-0.2, 0) is 4.79 Å². The highest BCUT2D eigenvalue weighted by molar-refractivity contribution is 8.18. The topological polar surface area (TPSA) is 69.1 Å². The van der Waals surface area contributed by atoms with Gasteiger partial charge in [-0.05, 0) is 47.7 Å². The van der Waals surface area contributed by atoms with Gasteiger partial charge in [0.1, 0.15) is 11.0 Å². The van der Waals surface area contributed by atoms with Crippen molar-refractivity contribution < 1.29 is 9.59 Å². The zero-order valence-electron chi connectivity index (χ0n) is 18.5. The predicted octanol–water partition coefficient (Wildman–Crippen LogP) is 3.72. The molecule has 2 amide bonds. The number of rotatable bonds is 3. The number of amides is 2.